The van der Waals surface area contributed by atoms with Crippen LogP contribution in [0, 0.1) is 10.1 Å². The molecule has 11 heteroatoms. The predicted molar refractivity (Wildman–Crippen MR) is 106 cm³/mol. The zero-order valence-corrected chi connectivity index (χ0v) is 16.5. The van der Waals surface area contributed by atoms with Crippen LogP contribution in [0.2, 0.25) is 0 Å². The van der Waals surface area contributed by atoms with Gasteiger partial charge in [-0.25, -0.2) is 0 Å². The highest BCUT2D eigenvalue weighted by molar-refractivity contribution is 7.19. The van der Waals surface area contributed by atoms with Crippen molar-refractivity contribution >= 4 is 22.0 Å². The minimum atomic E-state index is -0.488. The van der Waals surface area contributed by atoms with Crippen molar-refractivity contribution in [2.24, 2.45) is 0 Å². The Morgan fingerprint density at radius 2 is 1.62 bits per heavy atom. The van der Waals surface area contributed by atoms with Crippen molar-refractivity contribution in [1.82, 2.24) is 19.8 Å². The number of ether oxygens (including phenoxy) is 3. The van der Waals surface area contributed by atoms with Crippen molar-refractivity contribution in [1.29, 1.82) is 0 Å². The Morgan fingerprint density at radius 1 is 0.931 bits per heavy atom. The van der Waals surface area contributed by atoms with Gasteiger partial charge in [0.25, 0.3) is 0 Å². The van der Waals surface area contributed by atoms with Gasteiger partial charge >= 0.3 is 5.69 Å². The molecule has 29 heavy (non-hydrogen) atoms. The molecule has 148 valence electrons. The monoisotopic (exact) mass is 413 g/mol. The first-order valence-electron chi connectivity index (χ1n) is 8.33. The standard InChI is InChI=1S/C18H15N5O5S/c1-26-13-6-5-11(8-12(13)23(24)25)17-21-22-16(19-20-18(22)29-17)10-4-7-14(27-2)15(9-10)28-3/h4-9H,1-3H3. The summed E-state index contributed by atoms with van der Waals surface area (Å²) in [7, 11) is 4.51. The van der Waals surface area contributed by atoms with Crippen LogP contribution in [-0.2, 0) is 0 Å². The Labute approximate surface area is 168 Å². The molecular formula is C18H15N5O5S. The number of nitro groups is 1. The zero-order chi connectivity index (χ0) is 20.5. The molecule has 2 heterocycles. The third-order valence-electron chi connectivity index (χ3n) is 4.26. The molecule has 2 aromatic heterocycles. The van der Waals surface area contributed by atoms with Gasteiger partial charge in [0.05, 0.1) is 26.3 Å². The highest BCUT2D eigenvalue weighted by atomic mass is 32.1. The van der Waals surface area contributed by atoms with Crippen LogP contribution in [0.15, 0.2) is 36.4 Å². The summed E-state index contributed by atoms with van der Waals surface area (Å²) in [4.78, 5) is 11.4. The molecular weight excluding hydrogens is 398 g/mol. The van der Waals surface area contributed by atoms with E-state index < -0.39 is 4.92 Å². The molecule has 0 atom stereocenters. The first-order valence-corrected chi connectivity index (χ1v) is 9.14. The van der Waals surface area contributed by atoms with Crippen molar-refractivity contribution in [3.05, 3.63) is 46.5 Å². The summed E-state index contributed by atoms with van der Waals surface area (Å²) in [5.41, 5.74) is 1.20. The fourth-order valence-corrected chi connectivity index (χ4v) is 3.69. The maximum atomic E-state index is 11.3. The summed E-state index contributed by atoms with van der Waals surface area (Å²) < 4.78 is 17.2. The van der Waals surface area contributed by atoms with E-state index in [0.717, 1.165) is 5.56 Å². The second-order valence-corrected chi connectivity index (χ2v) is 6.79. The van der Waals surface area contributed by atoms with Gasteiger partial charge in [-0.3, -0.25) is 10.1 Å². The summed E-state index contributed by atoms with van der Waals surface area (Å²) in [5, 5.41) is 24.8. The van der Waals surface area contributed by atoms with Crippen molar-refractivity contribution in [2.75, 3.05) is 21.3 Å². The Balaban J connectivity index is 1.79. The number of nitro benzene ring substituents is 1. The topological polar surface area (TPSA) is 114 Å². The number of nitrogens with zero attached hydrogens (tertiary/aromatic N) is 5. The molecule has 0 amide bonds. The molecule has 4 rings (SSSR count). The molecule has 2 aromatic carbocycles. The normalized spacial score (nSPS) is 10.9. The van der Waals surface area contributed by atoms with Gasteiger partial charge in [0.15, 0.2) is 23.1 Å². The van der Waals surface area contributed by atoms with Crippen molar-refractivity contribution in [2.45, 2.75) is 0 Å². The molecule has 0 saturated carbocycles. The maximum Gasteiger partial charge on any atom is 0.311 e. The van der Waals surface area contributed by atoms with Crippen LogP contribution in [-0.4, -0.2) is 46.1 Å². The third-order valence-corrected chi connectivity index (χ3v) is 5.20. The molecule has 0 spiro atoms. The van der Waals surface area contributed by atoms with Crippen LogP contribution in [0.25, 0.3) is 26.9 Å². The fourth-order valence-electron chi connectivity index (χ4n) is 2.85. The van der Waals surface area contributed by atoms with Crippen molar-refractivity contribution in [3.8, 4) is 39.2 Å². The van der Waals surface area contributed by atoms with Gasteiger partial charge in [-0.1, -0.05) is 11.3 Å². The molecule has 0 saturated heterocycles. The minimum Gasteiger partial charge on any atom is -0.493 e. The van der Waals surface area contributed by atoms with Gasteiger partial charge in [0.1, 0.15) is 5.01 Å². The van der Waals surface area contributed by atoms with E-state index in [9.17, 15) is 10.1 Å². The molecule has 0 aliphatic heterocycles. The van der Waals surface area contributed by atoms with Gasteiger partial charge in [-0.05, 0) is 30.3 Å². The fraction of sp³-hybridized carbons (Fsp3) is 0.167. The number of benzene rings is 2. The van der Waals surface area contributed by atoms with E-state index >= 15 is 0 Å². The van der Waals surface area contributed by atoms with E-state index in [4.69, 9.17) is 14.2 Å². The SMILES string of the molecule is COc1ccc(-c2nnc3sc(-c4ccc(OC)c([N+](=O)[O-])c4)nn23)cc1OC. The first-order chi connectivity index (χ1) is 14.0. The van der Waals surface area contributed by atoms with Crippen LogP contribution in [0.4, 0.5) is 5.69 Å². The summed E-state index contributed by atoms with van der Waals surface area (Å²) in [6.45, 7) is 0. The van der Waals surface area contributed by atoms with E-state index in [1.165, 1.54) is 24.5 Å². The Hall–Kier alpha value is -3.73. The smallest absolute Gasteiger partial charge is 0.311 e. The molecule has 0 aliphatic carbocycles. The van der Waals surface area contributed by atoms with Crippen LogP contribution in [0.3, 0.4) is 0 Å². The Morgan fingerprint density at radius 3 is 2.31 bits per heavy atom. The maximum absolute atomic E-state index is 11.3. The molecule has 0 fully saturated rings. The summed E-state index contributed by atoms with van der Waals surface area (Å²) in [6, 6.07) is 10.1. The summed E-state index contributed by atoms with van der Waals surface area (Å²) >= 11 is 1.28. The number of aromatic nitrogens is 4. The van der Waals surface area contributed by atoms with Crippen LogP contribution >= 0.6 is 11.3 Å². The molecule has 0 aliphatic rings. The van der Waals surface area contributed by atoms with Crippen molar-refractivity contribution in [3.63, 3.8) is 0 Å². The second-order valence-electron chi connectivity index (χ2n) is 5.84. The van der Waals surface area contributed by atoms with E-state index in [1.807, 2.05) is 6.07 Å². The van der Waals surface area contributed by atoms with Crippen LogP contribution in [0.5, 0.6) is 17.2 Å². The molecule has 10 nitrogen and oxygen atoms in total. The molecule has 0 radical (unpaired) electrons. The highest BCUT2D eigenvalue weighted by Crippen LogP contribution is 2.36. The number of rotatable bonds is 6. The highest BCUT2D eigenvalue weighted by Gasteiger charge is 2.20. The van der Waals surface area contributed by atoms with E-state index in [0.29, 0.717) is 32.9 Å². The Bertz CT molecular complexity index is 1220. The number of fused-ring (bicyclic) bond motifs is 1. The largest absolute Gasteiger partial charge is 0.493 e. The average molecular weight is 413 g/mol. The van der Waals surface area contributed by atoms with E-state index in [-0.39, 0.29) is 11.4 Å². The lowest BCUT2D eigenvalue weighted by Crippen LogP contribution is -1.95. The van der Waals surface area contributed by atoms with Crippen LogP contribution in [0.1, 0.15) is 0 Å². The predicted octanol–water partition coefficient (Wildman–Crippen LogP) is 3.45. The van der Waals surface area contributed by atoms with Gasteiger partial charge in [0, 0.05) is 17.2 Å². The Kier molecular flexibility index (Phi) is 4.72. The minimum absolute atomic E-state index is 0.129. The lowest BCUT2D eigenvalue weighted by molar-refractivity contribution is -0.385. The first kappa shape index (κ1) is 18.6. The lowest BCUT2D eigenvalue weighted by atomic mass is 10.2. The van der Waals surface area contributed by atoms with Gasteiger partial charge in [-0.2, -0.15) is 9.61 Å². The van der Waals surface area contributed by atoms with E-state index in [2.05, 4.69) is 15.3 Å². The quantitative estimate of drug-likeness (QED) is 0.349. The average Bonchev–Trinajstić information content (AvgIpc) is 3.33. The summed E-state index contributed by atoms with van der Waals surface area (Å²) in [5.74, 6) is 1.86. The van der Waals surface area contributed by atoms with Gasteiger partial charge < -0.3 is 14.2 Å². The molecule has 4 aromatic rings. The zero-order valence-electron chi connectivity index (χ0n) is 15.6. The third kappa shape index (κ3) is 3.21. The van der Waals surface area contributed by atoms with Gasteiger partial charge in [0.2, 0.25) is 4.96 Å². The van der Waals surface area contributed by atoms with Crippen molar-refractivity contribution < 1.29 is 19.1 Å². The molecule has 0 unspecified atom stereocenters. The number of hydrogen-bond acceptors (Lipinski definition) is 9. The van der Waals surface area contributed by atoms with E-state index in [1.54, 1.807) is 43.0 Å². The molecule has 0 N–H and O–H groups in total. The van der Waals surface area contributed by atoms with Crippen LogP contribution < -0.4 is 14.2 Å². The molecule has 0 bridgehead atoms. The van der Waals surface area contributed by atoms with Gasteiger partial charge in [-0.15, -0.1) is 10.2 Å². The number of hydrogen-bond donors (Lipinski definition) is 0. The number of methoxy groups -OCH3 is 3. The second kappa shape index (κ2) is 7.36. The lowest BCUT2D eigenvalue weighted by Gasteiger charge is -2.08. The summed E-state index contributed by atoms with van der Waals surface area (Å²) in [6.07, 6.45) is 0.